The van der Waals surface area contributed by atoms with Gasteiger partial charge in [0.25, 0.3) is 0 Å². The molecule has 1 fully saturated rings. The normalized spacial score (nSPS) is 17.2. The molecule has 0 saturated carbocycles. The number of carbonyl (C=O) groups excluding carboxylic acids is 1. The van der Waals surface area contributed by atoms with Crippen LogP contribution < -0.4 is 4.74 Å². The third kappa shape index (κ3) is 4.11. The summed E-state index contributed by atoms with van der Waals surface area (Å²) in [6, 6.07) is 9.78. The molecule has 0 N–H and O–H groups in total. The Labute approximate surface area is 141 Å². The minimum absolute atomic E-state index is 0.00340. The number of rotatable bonds is 7. The molecule has 1 atom stereocenters. The first-order valence-corrected chi connectivity index (χ1v) is 8.12. The average Bonchev–Trinajstić information content (AvgIpc) is 3.23. The van der Waals surface area contributed by atoms with Crippen molar-refractivity contribution in [3.05, 3.63) is 42.5 Å². The molecule has 2 heterocycles. The first-order valence-electron chi connectivity index (χ1n) is 8.12. The van der Waals surface area contributed by atoms with E-state index >= 15 is 0 Å². The molecule has 0 radical (unpaired) electrons. The van der Waals surface area contributed by atoms with Crippen LogP contribution in [-0.4, -0.2) is 51.4 Å². The lowest BCUT2D eigenvalue weighted by molar-refractivity contribution is -0.138. The minimum atomic E-state index is -0.00340. The first kappa shape index (κ1) is 16.4. The van der Waals surface area contributed by atoms with Crippen LogP contribution in [0.1, 0.15) is 18.7 Å². The fourth-order valence-electron chi connectivity index (χ4n) is 2.80. The molecule has 0 bridgehead atoms. The van der Waals surface area contributed by atoms with Crippen molar-refractivity contribution in [2.45, 2.75) is 25.5 Å². The topological polar surface area (TPSA) is 69.5 Å². The Balaban J connectivity index is 1.45. The van der Waals surface area contributed by atoms with Gasteiger partial charge in [-0.2, -0.15) is 0 Å². The van der Waals surface area contributed by atoms with Gasteiger partial charge in [0.1, 0.15) is 31.9 Å². The van der Waals surface area contributed by atoms with Crippen molar-refractivity contribution in [1.29, 1.82) is 0 Å². The van der Waals surface area contributed by atoms with Crippen molar-refractivity contribution in [3.63, 3.8) is 0 Å². The average molecular weight is 330 g/mol. The molecule has 3 rings (SSSR count). The van der Waals surface area contributed by atoms with Gasteiger partial charge in [0.2, 0.25) is 5.91 Å². The predicted octanol–water partition coefficient (Wildman–Crippen LogP) is 1.40. The van der Waals surface area contributed by atoms with E-state index in [9.17, 15) is 4.79 Å². The maximum atomic E-state index is 12.4. The Kier molecular flexibility index (Phi) is 5.43. The molecule has 24 heavy (non-hydrogen) atoms. The number of amides is 1. The van der Waals surface area contributed by atoms with Gasteiger partial charge in [-0.1, -0.05) is 18.2 Å². The second kappa shape index (κ2) is 7.92. The van der Waals surface area contributed by atoms with E-state index in [1.54, 1.807) is 10.9 Å². The van der Waals surface area contributed by atoms with E-state index in [1.807, 2.05) is 42.3 Å². The third-order valence-electron chi connectivity index (χ3n) is 4.14. The van der Waals surface area contributed by atoms with Crippen LogP contribution in [-0.2, 0) is 23.2 Å². The molecular weight excluding hydrogens is 308 g/mol. The van der Waals surface area contributed by atoms with Gasteiger partial charge < -0.3 is 18.9 Å². The molecule has 1 aliphatic rings. The van der Waals surface area contributed by atoms with E-state index in [-0.39, 0.29) is 25.2 Å². The molecule has 0 unspecified atom stereocenters. The summed E-state index contributed by atoms with van der Waals surface area (Å²) < 4.78 is 13.1. The van der Waals surface area contributed by atoms with Crippen LogP contribution in [0.5, 0.6) is 5.75 Å². The highest BCUT2D eigenvalue weighted by atomic mass is 16.5. The highest BCUT2D eigenvalue weighted by Gasteiger charge is 2.29. The lowest BCUT2D eigenvalue weighted by Gasteiger charge is -2.24. The minimum Gasteiger partial charge on any atom is -0.491 e. The number of hydrogen-bond donors (Lipinski definition) is 0. The molecule has 0 aliphatic carbocycles. The maximum Gasteiger partial charge on any atom is 0.248 e. The van der Waals surface area contributed by atoms with Gasteiger partial charge in [0, 0.05) is 13.6 Å². The Morgan fingerprint density at radius 2 is 2.17 bits per heavy atom. The highest BCUT2D eigenvalue weighted by Crippen LogP contribution is 2.19. The number of para-hydroxylation sites is 1. The Morgan fingerprint density at radius 1 is 1.33 bits per heavy atom. The number of likely N-dealkylation sites (tertiary alicyclic amines) is 1. The van der Waals surface area contributed by atoms with E-state index in [4.69, 9.17) is 9.47 Å². The zero-order valence-electron chi connectivity index (χ0n) is 13.8. The highest BCUT2D eigenvalue weighted by molar-refractivity contribution is 5.78. The molecule has 128 valence electrons. The molecule has 1 aliphatic heterocycles. The second-order valence-corrected chi connectivity index (χ2v) is 5.86. The smallest absolute Gasteiger partial charge is 0.248 e. The summed E-state index contributed by atoms with van der Waals surface area (Å²) in [5.41, 5.74) is 0. The molecule has 1 aromatic heterocycles. The molecule has 7 nitrogen and oxygen atoms in total. The predicted molar refractivity (Wildman–Crippen MR) is 87.3 cm³/mol. The summed E-state index contributed by atoms with van der Waals surface area (Å²) in [6.07, 6.45) is 3.57. The van der Waals surface area contributed by atoms with Crippen LogP contribution >= 0.6 is 0 Å². The van der Waals surface area contributed by atoms with Crippen molar-refractivity contribution < 1.29 is 14.3 Å². The van der Waals surface area contributed by atoms with Crippen LogP contribution in [0.3, 0.4) is 0 Å². The van der Waals surface area contributed by atoms with Gasteiger partial charge in [0.15, 0.2) is 5.82 Å². The third-order valence-corrected chi connectivity index (χ3v) is 4.14. The van der Waals surface area contributed by atoms with Crippen LogP contribution in [0, 0.1) is 0 Å². The lowest BCUT2D eigenvalue weighted by atomic mass is 10.2. The van der Waals surface area contributed by atoms with Crippen molar-refractivity contribution in [2.24, 2.45) is 7.05 Å². The van der Waals surface area contributed by atoms with Crippen molar-refractivity contribution in [3.8, 4) is 5.75 Å². The van der Waals surface area contributed by atoms with Gasteiger partial charge in [-0.05, 0) is 25.0 Å². The first-order chi connectivity index (χ1) is 11.7. The monoisotopic (exact) mass is 330 g/mol. The molecule has 2 aromatic rings. The van der Waals surface area contributed by atoms with E-state index in [0.29, 0.717) is 12.4 Å². The van der Waals surface area contributed by atoms with Gasteiger partial charge in [0.05, 0.1) is 6.04 Å². The number of ether oxygens (including phenoxy) is 2. The molecule has 1 amide bonds. The Morgan fingerprint density at radius 3 is 2.92 bits per heavy atom. The van der Waals surface area contributed by atoms with E-state index in [0.717, 1.165) is 25.1 Å². The maximum absolute atomic E-state index is 12.4. The zero-order chi connectivity index (χ0) is 16.8. The van der Waals surface area contributed by atoms with E-state index in [2.05, 4.69) is 10.2 Å². The largest absolute Gasteiger partial charge is 0.491 e. The number of nitrogens with zero attached hydrogens (tertiary/aromatic N) is 4. The summed E-state index contributed by atoms with van der Waals surface area (Å²) >= 11 is 0. The fourth-order valence-corrected chi connectivity index (χ4v) is 2.80. The van der Waals surface area contributed by atoms with Crippen LogP contribution in [0.15, 0.2) is 36.7 Å². The zero-order valence-corrected chi connectivity index (χ0v) is 13.8. The summed E-state index contributed by atoms with van der Waals surface area (Å²) in [5.74, 6) is 1.53. The number of carbonyl (C=O) groups is 1. The van der Waals surface area contributed by atoms with Crippen LogP contribution in [0.2, 0.25) is 0 Å². The summed E-state index contributed by atoms with van der Waals surface area (Å²) in [6.45, 7) is 1.60. The summed E-state index contributed by atoms with van der Waals surface area (Å²) in [7, 11) is 1.85. The summed E-state index contributed by atoms with van der Waals surface area (Å²) in [5, 5.41) is 7.71. The van der Waals surface area contributed by atoms with Gasteiger partial charge >= 0.3 is 0 Å². The molecule has 7 heteroatoms. The molecule has 0 spiro atoms. The van der Waals surface area contributed by atoms with Crippen LogP contribution in [0.25, 0.3) is 0 Å². The molecular formula is C17H22N4O3. The van der Waals surface area contributed by atoms with E-state index in [1.165, 1.54) is 0 Å². The van der Waals surface area contributed by atoms with Gasteiger partial charge in [-0.3, -0.25) is 4.79 Å². The second-order valence-electron chi connectivity index (χ2n) is 5.86. The van der Waals surface area contributed by atoms with Crippen LogP contribution in [0.4, 0.5) is 0 Å². The molecule has 1 aromatic carbocycles. The SMILES string of the molecule is Cn1cnnc1COCC(=O)N1CCC[C@H]1COc1ccccc1. The Hall–Kier alpha value is -2.41. The Bertz CT molecular complexity index is 659. The van der Waals surface area contributed by atoms with Crippen molar-refractivity contribution in [1.82, 2.24) is 19.7 Å². The van der Waals surface area contributed by atoms with Gasteiger partial charge in [-0.25, -0.2) is 0 Å². The number of aromatic nitrogens is 3. The summed E-state index contributed by atoms with van der Waals surface area (Å²) in [4.78, 5) is 14.2. The van der Waals surface area contributed by atoms with Gasteiger partial charge in [-0.15, -0.1) is 10.2 Å². The molecule has 1 saturated heterocycles. The number of benzene rings is 1. The number of aryl methyl sites for hydroxylation is 1. The van der Waals surface area contributed by atoms with Crippen molar-refractivity contribution in [2.75, 3.05) is 19.8 Å². The standard InChI is InChI=1S/C17H22N4O3/c1-20-13-18-19-16(20)11-23-12-17(22)21-9-5-6-14(21)10-24-15-7-3-2-4-8-15/h2-4,7-8,13-14H,5-6,9-12H2,1H3/t14-/m0/s1. The quantitative estimate of drug-likeness (QED) is 0.767. The number of hydrogen-bond acceptors (Lipinski definition) is 5. The van der Waals surface area contributed by atoms with Crippen molar-refractivity contribution >= 4 is 5.91 Å². The lowest BCUT2D eigenvalue weighted by Crippen LogP contribution is -2.41. The van der Waals surface area contributed by atoms with E-state index < -0.39 is 0 Å². The fraction of sp³-hybridized carbons (Fsp3) is 0.471.